The molecule has 0 bridgehead atoms. The maximum Gasteiger partial charge on any atom is 0.241 e. The molecule has 186 valence electrons. The molecule has 36 heavy (non-hydrogen) atoms. The molecule has 5 rings (SSSR count). The van der Waals surface area contributed by atoms with E-state index >= 15 is 0 Å². The Bertz CT molecular complexity index is 1300. The van der Waals surface area contributed by atoms with E-state index in [1.807, 2.05) is 66.9 Å². The molecule has 3 amide bonds. The van der Waals surface area contributed by atoms with Crippen molar-refractivity contribution in [3.05, 3.63) is 82.9 Å². The van der Waals surface area contributed by atoms with Crippen molar-refractivity contribution in [2.24, 2.45) is 7.05 Å². The Balaban J connectivity index is 1.46. The van der Waals surface area contributed by atoms with Gasteiger partial charge in [0.2, 0.25) is 17.7 Å². The number of nitrogens with zero attached hydrogens (tertiary/aromatic N) is 5. The van der Waals surface area contributed by atoms with E-state index in [0.29, 0.717) is 12.1 Å². The molecule has 2 fully saturated rings. The van der Waals surface area contributed by atoms with Crippen LogP contribution in [0.1, 0.15) is 53.8 Å². The van der Waals surface area contributed by atoms with Gasteiger partial charge in [0.1, 0.15) is 0 Å². The van der Waals surface area contributed by atoms with Crippen LogP contribution < -0.4 is 0 Å². The summed E-state index contributed by atoms with van der Waals surface area (Å²) in [6.45, 7) is 4.57. The van der Waals surface area contributed by atoms with Gasteiger partial charge < -0.3 is 4.90 Å². The van der Waals surface area contributed by atoms with Gasteiger partial charge in [0, 0.05) is 56.1 Å². The summed E-state index contributed by atoms with van der Waals surface area (Å²) in [4.78, 5) is 48.4. The Labute approximate surface area is 210 Å². The largest absolute Gasteiger partial charge is 0.335 e. The first kappa shape index (κ1) is 23.9. The van der Waals surface area contributed by atoms with Crippen molar-refractivity contribution < 1.29 is 14.4 Å². The normalized spacial score (nSPS) is 19.7. The van der Waals surface area contributed by atoms with Crippen molar-refractivity contribution >= 4 is 17.7 Å². The summed E-state index contributed by atoms with van der Waals surface area (Å²) in [6, 6.07) is 13.1. The number of aryl methyl sites for hydroxylation is 2. The van der Waals surface area contributed by atoms with Gasteiger partial charge in [-0.15, -0.1) is 0 Å². The Morgan fingerprint density at radius 3 is 2.47 bits per heavy atom. The van der Waals surface area contributed by atoms with Crippen LogP contribution in [0.5, 0.6) is 0 Å². The molecule has 0 spiro atoms. The molecule has 1 aliphatic carbocycles. The third kappa shape index (κ3) is 4.32. The van der Waals surface area contributed by atoms with Crippen LogP contribution in [0.3, 0.4) is 0 Å². The van der Waals surface area contributed by atoms with E-state index < -0.39 is 5.41 Å². The molecule has 0 unspecified atom stereocenters. The van der Waals surface area contributed by atoms with E-state index in [0.717, 1.165) is 35.4 Å². The number of pyridine rings is 1. The average molecular weight is 486 g/mol. The van der Waals surface area contributed by atoms with Crippen LogP contribution in [-0.2, 0) is 39.9 Å². The van der Waals surface area contributed by atoms with Gasteiger partial charge in [0.05, 0.1) is 17.7 Å². The SMILES string of the molecule is Cc1nn(C)c(C)c1CN(C(=O)C[C@@]1(c2ccccc2)CC(=O)N(Cc2cccnc2)C1=O)C1CC1. The minimum atomic E-state index is -1.22. The standard InChI is InChI=1S/C28H31N5O3/c1-19-24(20(2)31(3)30-19)18-32(23-11-12-23)25(34)14-28(22-9-5-4-6-10-22)15-26(35)33(27(28)36)17-21-8-7-13-29-16-21/h4-10,13,16,23H,11-12,14-15,17-18H2,1-3H3/t28-/m0/s1. The maximum absolute atomic E-state index is 14.0. The van der Waals surface area contributed by atoms with Crippen LogP contribution in [0.2, 0.25) is 0 Å². The fourth-order valence-electron chi connectivity index (χ4n) is 5.24. The first-order valence-corrected chi connectivity index (χ1v) is 12.4. The monoisotopic (exact) mass is 485 g/mol. The number of likely N-dealkylation sites (tertiary alicyclic amines) is 1. The molecule has 1 saturated carbocycles. The zero-order valence-electron chi connectivity index (χ0n) is 21.0. The van der Waals surface area contributed by atoms with Crippen molar-refractivity contribution in [2.45, 2.75) is 64.1 Å². The number of hydrogen-bond donors (Lipinski definition) is 0. The smallest absolute Gasteiger partial charge is 0.241 e. The number of hydrogen-bond acceptors (Lipinski definition) is 5. The molecular weight excluding hydrogens is 454 g/mol. The number of rotatable bonds is 8. The van der Waals surface area contributed by atoms with E-state index in [1.54, 1.807) is 18.5 Å². The molecule has 1 saturated heterocycles. The van der Waals surface area contributed by atoms with Crippen molar-refractivity contribution in [2.75, 3.05) is 0 Å². The van der Waals surface area contributed by atoms with E-state index in [1.165, 1.54) is 4.90 Å². The molecule has 0 radical (unpaired) electrons. The minimum absolute atomic E-state index is 0.0225. The molecule has 8 heteroatoms. The fraction of sp³-hybridized carbons (Fsp3) is 0.393. The second-order valence-electron chi connectivity index (χ2n) is 9.97. The van der Waals surface area contributed by atoms with Gasteiger partial charge in [0.15, 0.2) is 0 Å². The van der Waals surface area contributed by atoms with E-state index in [2.05, 4.69) is 10.1 Å². The molecule has 1 atom stereocenters. The molecule has 3 heterocycles. The first-order chi connectivity index (χ1) is 17.3. The number of imide groups is 1. The quantitative estimate of drug-likeness (QED) is 0.457. The van der Waals surface area contributed by atoms with Crippen molar-refractivity contribution in [3.8, 4) is 0 Å². The molecule has 1 aliphatic heterocycles. The Hall–Kier alpha value is -3.81. The second-order valence-corrected chi connectivity index (χ2v) is 9.97. The Morgan fingerprint density at radius 2 is 1.86 bits per heavy atom. The van der Waals surface area contributed by atoms with Gasteiger partial charge in [-0.05, 0) is 43.9 Å². The second kappa shape index (κ2) is 9.33. The lowest BCUT2D eigenvalue weighted by molar-refractivity contribution is -0.143. The number of benzene rings is 1. The highest BCUT2D eigenvalue weighted by Gasteiger charge is 2.54. The van der Waals surface area contributed by atoms with Gasteiger partial charge in [-0.1, -0.05) is 36.4 Å². The van der Waals surface area contributed by atoms with E-state index in [4.69, 9.17) is 0 Å². The van der Waals surface area contributed by atoms with Gasteiger partial charge in [-0.3, -0.25) is 28.9 Å². The molecule has 0 N–H and O–H groups in total. The van der Waals surface area contributed by atoms with Crippen LogP contribution in [0.4, 0.5) is 0 Å². The number of carbonyl (C=O) groups is 3. The minimum Gasteiger partial charge on any atom is -0.335 e. The highest BCUT2D eigenvalue weighted by Crippen LogP contribution is 2.42. The third-order valence-electron chi connectivity index (χ3n) is 7.55. The predicted octanol–water partition coefficient (Wildman–Crippen LogP) is 3.21. The average Bonchev–Trinajstić information content (AvgIpc) is 3.65. The molecule has 1 aromatic carbocycles. The van der Waals surface area contributed by atoms with Crippen LogP contribution in [0, 0.1) is 13.8 Å². The van der Waals surface area contributed by atoms with Crippen LogP contribution in [0.15, 0.2) is 54.9 Å². The van der Waals surface area contributed by atoms with Gasteiger partial charge >= 0.3 is 0 Å². The number of carbonyl (C=O) groups excluding carboxylic acids is 3. The summed E-state index contributed by atoms with van der Waals surface area (Å²) in [5.74, 6) is -0.689. The maximum atomic E-state index is 14.0. The van der Waals surface area contributed by atoms with Crippen LogP contribution in [0.25, 0.3) is 0 Å². The molecular formula is C28H31N5O3. The highest BCUT2D eigenvalue weighted by molar-refractivity contribution is 6.10. The van der Waals surface area contributed by atoms with Crippen molar-refractivity contribution in [1.29, 1.82) is 0 Å². The van der Waals surface area contributed by atoms with Gasteiger partial charge in [0.25, 0.3) is 0 Å². The number of amides is 3. The van der Waals surface area contributed by atoms with E-state index in [9.17, 15) is 14.4 Å². The Kier molecular flexibility index (Phi) is 6.20. The van der Waals surface area contributed by atoms with Crippen molar-refractivity contribution in [3.63, 3.8) is 0 Å². The van der Waals surface area contributed by atoms with Gasteiger partial charge in [-0.25, -0.2) is 0 Å². The summed E-state index contributed by atoms with van der Waals surface area (Å²) in [5.41, 5.74) is 3.23. The third-order valence-corrected chi connectivity index (χ3v) is 7.55. The summed E-state index contributed by atoms with van der Waals surface area (Å²) >= 11 is 0. The molecule has 3 aromatic rings. The summed E-state index contributed by atoms with van der Waals surface area (Å²) in [6.07, 6.45) is 5.14. The molecule has 8 nitrogen and oxygen atoms in total. The van der Waals surface area contributed by atoms with Crippen molar-refractivity contribution in [1.82, 2.24) is 24.6 Å². The summed E-state index contributed by atoms with van der Waals surface area (Å²) in [5, 5.41) is 4.51. The molecule has 2 aromatic heterocycles. The summed E-state index contributed by atoms with van der Waals surface area (Å²) in [7, 11) is 1.90. The zero-order valence-corrected chi connectivity index (χ0v) is 21.0. The lowest BCUT2D eigenvalue weighted by Gasteiger charge is -2.31. The lowest BCUT2D eigenvalue weighted by Crippen LogP contribution is -2.44. The van der Waals surface area contributed by atoms with E-state index in [-0.39, 0.29) is 43.1 Å². The highest BCUT2D eigenvalue weighted by atomic mass is 16.2. The van der Waals surface area contributed by atoms with Gasteiger partial charge in [-0.2, -0.15) is 5.10 Å². The summed E-state index contributed by atoms with van der Waals surface area (Å²) < 4.78 is 1.83. The molecule has 2 aliphatic rings. The lowest BCUT2D eigenvalue weighted by atomic mass is 9.75. The topological polar surface area (TPSA) is 88.4 Å². The first-order valence-electron chi connectivity index (χ1n) is 12.4. The fourth-order valence-corrected chi connectivity index (χ4v) is 5.24. The predicted molar refractivity (Wildman–Crippen MR) is 133 cm³/mol. The Morgan fingerprint density at radius 1 is 1.11 bits per heavy atom. The number of aromatic nitrogens is 3. The zero-order chi connectivity index (χ0) is 25.4. The van der Waals surface area contributed by atoms with Crippen LogP contribution >= 0.6 is 0 Å². The van der Waals surface area contributed by atoms with Crippen LogP contribution in [-0.4, -0.2) is 48.3 Å².